The van der Waals surface area contributed by atoms with Gasteiger partial charge in [0.25, 0.3) is 0 Å². The van der Waals surface area contributed by atoms with Gasteiger partial charge in [0.1, 0.15) is 5.82 Å². The lowest BCUT2D eigenvalue weighted by molar-refractivity contribution is 0.0921. The van der Waals surface area contributed by atoms with Crippen LogP contribution in [-0.4, -0.2) is 89.9 Å². The maximum atomic E-state index is 11.9. The van der Waals surface area contributed by atoms with Crippen molar-refractivity contribution >= 4 is 17.5 Å². The predicted octanol–water partition coefficient (Wildman–Crippen LogP) is 3.50. The van der Waals surface area contributed by atoms with E-state index in [9.17, 15) is 4.79 Å². The van der Waals surface area contributed by atoms with Gasteiger partial charge in [-0.1, -0.05) is 0 Å². The predicted molar refractivity (Wildman–Crippen MR) is 150 cm³/mol. The van der Waals surface area contributed by atoms with Crippen molar-refractivity contribution in [2.75, 3.05) is 56.2 Å². The van der Waals surface area contributed by atoms with Crippen LogP contribution in [0.3, 0.4) is 0 Å². The molecule has 0 radical (unpaired) electrons. The number of urea groups is 1. The van der Waals surface area contributed by atoms with Crippen LogP contribution >= 0.6 is 0 Å². The fraction of sp³-hybridized carbons (Fsp3) is 0.621. The molecule has 3 aliphatic heterocycles. The van der Waals surface area contributed by atoms with E-state index >= 15 is 0 Å². The van der Waals surface area contributed by atoms with E-state index in [0.29, 0.717) is 12.6 Å². The molecule has 1 aliphatic carbocycles. The van der Waals surface area contributed by atoms with Crippen LogP contribution in [0.1, 0.15) is 50.8 Å². The minimum Gasteiger partial charge on any atom is -0.377 e. The van der Waals surface area contributed by atoms with Crippen molar-refractivity contribution in [2.24, 2.45) is 0 Å². The van der Waals surface area contributed by atoms with E-state index < -0.39 is 0 Å². The summed E-state index contributed by atoms with van der Waals surface area (Å²) in [6.45, 7) is 11.5. The highest BCUT2D eigenvalue weighted by Gasteiger charge is 2.35. The molecule has 9 nitrogen and oxygen atoms in total. The zero-order valence-electron chi connectivity index (χ0n) is 22.8. The Kier molecular flexibility index (Phi) is 7.50. The molecular weight excluding hydrogens is 478 g/mol. The van der Waals surface area contributed by atoms with Gasteiger partial charge in [-0.05, 0) is 83.3 Å². The molecule has 2 saturated heterocycles. The van der Waals surface area contributed by atoms with Crippen molar-refractivity contribution in [2.45, 2.75) is 70.6 Å². The average molecular weight is 520 g/mol. The van der Waals surface area contributed by atoms with E-state index in [2.05, 4.69) is 32.3 Å². The van der Waals surface area contributed by atoms with Gasteiger partial charge in [-0.15, -0.1) is 0 Å². The number of hydrogen-bond acceptors (Lipinski definition) is 7. The molecule has 3 fully saturated rings. The Morgan fingerprint density at radius 2 is 1.76 bits per heavy atom. The Balaban J connectivity index is 1.26. The zero-order chi connectivity index (χ0) is 26.1. The second-order valence-electron chi connectivity index (χ2n) is 11.2. The molecule has 6 rings (SSSR count). The van der Waals surface area contributed by atoms with Gasteiger partial charge in [0, 0.05) is 55.1 Å². The molecule has 1 atom stereocenters. The standard InChI is InChI=1S/C29H41N7O2/c1-3-30-29(37)31-22-6-4-21(5-7-22)27-32-26-18-35(24-10-13-34(14-11-24)23-8-9-23)15-12-25(26)28(33-27)36-16-17-38-19-20(36)2/h4-7,20,23-24H,3,8-19H2,1-2H3,(H2,30,31,37)/t20-/m0/s1. The molecule has 0 unspecified atom stereocenters. The second kappa shape index (κ2) is 11.2. The number of amides is 2. The number of fused-ring (bicyclic) bond motifs is 1. The van der Waals surface area contributed by atoms with Gasteiger partial charge in [0.2, 0.25) is 0 Å². The first-order valence-electron chi connectivity index (χ1n) is 14.5. The van der Waals surface area contributed by atoms with E-state index in [1.807, 2.05) is 31.2 Å². The first kappa shape index (κ1) is 25.5. The quantitative estimate of drug-likeness (QED) is 0.604. The second-order valence-corrected chi connectivity index (χ2v) is 11.2. The lowest BCUT2D eigenvalue weighted by Crippen LogP contribution is -2.48. The third-order valence-corrected chi connectivity index (χ3v) is 8.53. The highest BCUT2D eigenvalue weighted by molar-refractivity contribution is 5.89. The number of morpholine rings is 1. The lowest BCUT2D eigenvalue weighted by Gasteiger charge is -2.42. The molecule has 204 valence electrons. The number of piperidine rings is 1. The first-order valence-corrected chi connectivity index (χ1v) is 14.5. The summed E-state index contributed by atoms with van der Waals surface area (Å²) in [6.07, 6.45) is 6.31. The largest absolute Gasteiger partial charge is 0.377 e. The topological polar surface area (TPSA) is 85.9 Å². The van der Waals surface area contributed by atoms with Gasteiger partial charge in [-0.2, -0.15) is 0 Å². The molecule has 2 N–H and O–H groups in total. The van der Waals surface area contributed by atoms with Crippen molar-refractivity contribution in [1.29, 1.82) is 0 Å². The van der Waals surface area contributed by atoms with Crippen LogP contribution in [-0.2, 0) is 17.7 Å². The van der Waals surface area contributed by atoms with E-state index in [0.717, 1.165) is 68.2 Å². The molecule has 2 amide bonds. The van der Waals surface area contributed by atoms with E-state index in [1.54, 1.807) is 0 Å². The Morgan fingerprint density at radius 1 is 1.00 bits per heavy atom. The number of ether oxygens (including phenoxy) is 1. The third kappa shape index (κ3) is 5.51. The van der Waals surface area contributed by atoms with E-state index in [4.69, 9.17) is 14.7 Å². The molecule has 1 aromatic heterocycles. The SMILES string of the molecule is CCNC(=O)Nc1ccc(-c2nc3c(c(N4CCOC[C@@H]4C)n2)CCN(C2CCN(C4CC4)CC2)C3)cc1. The smallest absolute Gasteiger partial charge is 0.319 e. The minimum absolute atomic E-state index is 0.197. The Hall–Kier alpha value is -2.75. The van der Waals surface area contributed by atoms with Gasteiger partial charge in [-0.25, -0.2) is 14.8 Å². The lowest BCUT2D eigenvalue weighted by atomic mass is 9.97. The molecule has 0 bridgehead atoms. The van der Waals surface area contributed by atoms with E-state index in [-0.39, 0.29) is 12.1 Å². The van der Waals surface area contributed by atoms with Crippen LogP contribution in [0.15, 0.2) is 24.3 Å². The van der Waals surface area contributed by atoms with Gasteiger partial charge in [0.05, 0.1) is 24.9 Å². The number of carbonyl (C=O) groups is 1. The van der Waals surface area contributed by atoms with Crippen LogP contribution in [0.2, 0.25) is 0 Å². The number of carbonyl (C=O) groups excluding carboxylic acids is 1. The van der Waals surface area contributed by atoms with Crippen LogP contribution in [0.5, 0.6) is 0 Å². The number of hydrogen-bond donors (Lipinski definition) is 2. The maximum Gasteiger partial charge on any atom is 0.319 e. The molecule has 1 saturated carbocycles. The zero-order valence-corrected chi connectivity index (χ0v) is 22.8. The fourth-order valence-electron chi connectivity index (χ4n) is 6.25. The van der Waals surface area contributed by atoms with E-state index in [1.165, 1.54) is 50.0 Å². The van der Waals surface area contributed by atoms with Crippen LogP contribution in [0, 0.1) is 0 Å². The Morgan fingerprint density at radius 3 is 2.47 bits per heavy atom. The minimum atomic E-state index is -0.197. The Labute approximate surface area is 225 Å². The number of nitrogens with zero attached hydrogens (tertiary/aromatic N) is 5. The van der Waals surface area contributed by atoms with Crippen molar-refractivity contribution < 1.29 is 9.53 Å². The highest BCUT2D eigenvalue weighted by atomic mass is 16.5. The number of benzene rings is 1. The first-order chi connectivity index (χ1) is 18.6. The fourth-order valence-corrected chi connectivity index (χ4v) is 6.25. The molecule has 0 spiro atoms. The highest BCUT2D eigenvalue weighted by Crippen LogP contribution is 2.35. The summed E-state index contributed by atoms with van der Waals surface area (Å²) in [5.41, 5.74) is 4.20. The van der Waals surface area contributed by atoms with Crippen molar-refractivity contribution in [3.8, 4) is 11.4 Å². The number of likely N-dealkylation sites (tertiary alicyclic amines) is 1. The van der Waals surface area contributed by atoms with Crippen LogP contribution in [0.4, 0.5) is 16.3 Å². The van der Waals surface area contributed by atoms with Gasteiger partial charge in [0.15, 0.2) is 5.82 Å². The summed E-state index contributed by atoms with van der Waals surface area (Å²) >= 11 is 0. The molecule has 2 aromatic rings. The number of rotatable bonds is 6. The van der Waals surface area contributed by atoms with Gasteiger partial charge < -0.3 is 25.2 Å². The van der Waals surface area contributed by atoms with Crippen LogP contribution < -0.4 is 15.5 Å². The summed E-state index contributed by atoms with van der Waals surface area (Å²) in [7, 11) is 0. The molecule has 4 heterocycles. The summed E-state index contributed by atoms with van der Waals surface area (Å²) in [5.74, 6) is 1.83. The van der Waals surface area contributed by atoms with Crippen LogP contribution in [0.25, 0.3) is 11.4 Å². The third-order valence-electron chi connectivity index (χ3n) is 8.53. The molecule has 38 heavy (non-hydrogen) atoms. The molecule has 4 aliphatic rings. The molecule has 9 heteroatoms. The van der Waals surface area contributed by atoms with Crippen molar-refractivity contribution in [3.05, 3.63) is 35.5 Å². The molecule has 1 aromatic carbocycles. The normalized spacial score (nSPS) is 23.2. The summed E-state index contributed by atoms with van der Waals surface area (Å²) in [4.78, 5) is 30.0. The average Bonchev–Trinajstić information content (AvgIpc) is 3.79. The summed E-state index contributed by atoms with van der Waals surface area (Å²) in [5, 5.41) is 5.64. The number of aromatic nitrogens is 2. The molecular formula is C29H41N7O2. The maximum absolute atomic E-state index is 11.9. The number of anilines is 2. The Bertz CT molecular complexity index is 1130. The van der Waals surface area contributed by atoms with Crippen molar-refractivity contribution in [1.82, 2.24) is 25.1 Å². The summed E-state index contributed by atoms with van der Waals surface area (Å²) < 4.78 is 5.74. The van der Waals surface area contributed by atoms with Gasteiger partial charge in [-0.3, -0.25) is 4.90 Å². The number of nitrogens with one attached hydrogen (secondary N) is 2. The monoisotopic (exact) mass is 519 g/mol. The van der Waals surface area contributed by atoms with Crippen molar-refractivity contribution in [3.63, 3.8) is 0 Å². The van der Waals surface area contributed by atoms with Gasteiger partial charge >= 0.3 is 6.03 Å². The summed E-state index contributed by atoms with van der Waals surface area (Å²) in [6, 6.07) is 9.44.